The summed E-state index contributed by atoms with van der Waals surface area (Å²) in [6.45, 7) is 6.16. The van der Waals surface area contributed by atoms with Crippen LogP contribution in [0.25, 0.3) is 0 Å². The molecule has 1 aromatic rings. The minimum Gasteiger partial charge on any atom is -0.329 e. The average molecular weight is 266 g/mol. The summed E-state index contributed by atoms with van der Waals surface area (Å²) in [5.41, 5.74) is 7.03. The van der Waals surface area contributed by atoms with Crippen LogP contribution in [-0.4, -0.2) is 24.5 Å². The van der Waals surface area contributed by atoms with E-state index in [1.54, 1.807) is 0 Å². The maximum absolute atomic E-state index is 8.92. The van der Waals surface area contributed by atoms with E-state index in [4.69, 9.17) is 22.6 Å². The molecule has 0 radical (unpaired) electrons. The molecule has 4 heteroatoms. The van der Waals surface area contributed by atoms with Gasteiger partial charge in [-0.3, -0.25) is 4.90 Å². The van der Waals surface area contributed by atoms with Crippen LogP contribution >= 0.6 is 11.6 Å². The smallest absolute Gasteiger partial charge is 0.0666 e. The number of hydrogen-bond donors (Lipinski definition) is 1. The lowest BCUT2D eigenvalue weighted by molar-refractivity contribution is 0.198. The molecule has 2 atom stereocenters. The Labute approximate surface area is 114 Å². The fourth-order valence-corrected chi connectivity index (χ4v) is 2.18. The van der Waals surface area contributed by atoms with Gasteiger partial charge >= 0.3 is 0 Å². The highest BCUT2D eigenvalue weighted by Crippen LogP contribution is 2.22. The maximum Gasteiger partial charge on any atom is 0.0666 e. The molecule has 0 amide bonds. The number of likely N-dealkylation sites (N-methyl/N-ethyl adjacent to an activating group) is 1. The molecule has 0 aliphatic carbocycles. The van der Waals surface area contributed by atoms with Crippen molar-refractivity contribution in [1.82, 2.24) is 4.90 Å². The third-order valence-corrected chi connectivity index (χ3v) is 3.31. The molecule has 0 bridgehead atoms. The number of nitrogens with two attached hydrogens (primary N) is 1. The Morgan fingerprint density at radius 1 is 1.39 bits per heavy atom. The summed E-state index contributed by atoms with van der Waals surface area (Å²) < 4.78 is 0. The van der Waals surface area contributed by atoms with Gasteiger partial charge in [0.05, 0.1) is 12.0 Å². The third-order valence-electron chi connectivity index (χ3n) is 3.05. The molecule has 0 saturated heterocycles. The molecular formula is C14H20ClN3. The summed E-state index contributed by atoms with van der Waals surface area (Å²) in [5, 5.41) is 9.64. The van der Waals surface area contributed by atoms with E-state index in [1.807, 2.05) is 31.2 Å². The predicted octanol–water partition coefficient (Wildman–Crippen LogP) is 2.82. The van der Waals surface area contributed by atoms with Crippen molar-refractivity contribution in [3.05, 3.63) is 34.9 Å². The van der Waals surface area contributed by atoms with E-state index < -0.39 is 0 Å². The second-order valence-electron chi connectivity index (χ2n) is 4.42. The van der Waals surface area contributed by atoms with E-state index >= 15 is 0 Å². The van der Waals surface area contributed by atoms with Crippen molar-refractivity contribution in [2.24, 2.45) is 11.7 Å². The van der Waals surface area contributed by atoms with Gasteiger partial charge in [-0.25, -0.2) is 0 Å². The molecule has 2 N–H and O–H groups in total. The summed E-state index contributed by atoms with van der Waals surface area (Å²) in [6, 6.07) is 10.2. The predicted molar refractivity (Wildman–Crippen MR) is 75.3 cm³/mol. The molecule has 1 rings (SSSR count). The summed E-state index contributed by atoms with van der Waals surface area (Å²) >= 11 is 5.89. The van der Waals surface area contributed by atoms with Crippen LogP contribution in [0.4, 0.5) is 0 Å². The largest absolute Gasteiger partial charge is 0.329 e. The van der Waals surface area contributed by atoms with Crippen LogP contribution in [0.3, 0.4) is 0 Å². The maximum atomic E-state index is 8.92. The van der Waals surface area contributed by atoms with Gasteiger partial charge in [0.15, 0.2) is 0 Å². The molecule has 0 heterocycles. The summed E-state index contributed by atoms with van der Waals surface area (Å²) in [7, 11) is 0. The fraction of sp³-hybridized carbons (Fsp3) is 0.500. The van der Waals surface area contributed by atoms with E-state index in [0.29, 0.717) is 6.54 Å². The van der Waals surface area contributed by atoms with Gasteiger partial charge in [0.1, 0.15) is 0 Å². The molecule has 0 saturated carbocycles. The normalized spacial score (nSPS) is 14.2. The van der Waals surface area contributed by atoms with Gasteiger partial charge in [0, 0.05) is 24.2 Å². The monoisotopic (exact) mass is 265 g/mol. The molecule has 0 spiro atoms. The lowest BCUT2D eigenvalue weighted by Crippen LogP contribution is -2.36. The van der Waals surface area contributed by atoms with E-state index in [9.17, 15) is 0 Å². The summed E-state index contributed by atoms with van der Waals surface area (Å²) in [6.07, 6.45) is 0. The Hall–Kier alpha value is -1.08. The van der Waals surface area contributed by atoms with Crippen molar-refractivity contribution < 1.29 is 0 Å². The Morgan fingerprint density at radius 2 is 2.00 bits per heavy atom. The van der Waals surface area contributed by atoms with Crippen molar-refractivity contribution in [1.29, 1.82) is 5.26 Å². The van der Waals surface area contributed by atoms with Crippen molar-refractivity contribution >= 4 is 11.6 Å². The Balaban J connectivity index is 2.86. The Kier molecular flexibility index (Phi) is 6.14. The minimum atomic E-state index is 0.00583. The zero-order chi connectivity index (χ0) is 13.5. The number of nitrogens with zero attached hydrogens (tertiary/aromatic N) is 2. The van der Waals surface area contributed by atoms with Crippen molar-refractivity contribution in [2.75, 3.05) is 19.6 Å². The van der Waals surface area contributed by atoms with E-state index in [2.05, 4.69) is 17.9 Å². The van der Waals surface area contributed by atoms with Crippen molar-refractivity contribution in [3.63, 3.8) is 0 Å². The zero-order valence-corrected chi connectivity index (χ0v) is 11.7. The van der Waals surface area contributed by atoms with Crippen LogP contribution in [-0.2, 0) is 0 Å². The van der Waals surface area contributed by atoms with E-state index in [-0.39, 0.29) is 12.0 Å². The number of halogens is 1. The van der Waals surface area contributed by atoms with Crippen LogP contribution in [0.2, 0.25) is 5.02 Å². The highest BCUT2D eigenvalue weighted by molar-refractivity contribution is 6.30. The molecule has 0 aliphatic heterocycles. The first-order chi connectivity index (χ1) is 8.62. The highest BCUT2D eigenvalue weighted by atomic mass is 35.5. The quantitative estimate of drug-likeness (QED) is 0.861. The lowest BCUT2D eigenvalue weighted by Gasteiger charge is -2.31. The van der Waals surface area contributed by atoms with Gasteiger partial charge in [-0.15, -0.1) is 0 Å². The van der Waals surface area contributed by atoms with Gasteiger partial charge in [-0.2, -0.15) is 5.26 Å². The first kappa shape index (κ1) is 15.0. The Morgan fingerprint density at radius 3 is 2.44 bits per heavy atom. The molecule has 0 fully saturated rings. The molecule has 0 aliphatic rings. The second-order valence-corrected chi connectivity index (χ2v) is 4.86. The van der Waals surface area contributed by atoms with Gasteiger partial charge in [-0.05, 0) is 31.2 Å². The van der Waals surface area contributed by atoms with E-state index in [0.717, 1.165) is 23.7 Å². The molecule has 18 heavy (non-hydrogen) atoms. The van der Waals surface area contributed by atoms with Crippen molar-refractivity contribution in [2.45, 2.75) is 19.9 Å². The van der Waals surface area contributed by atoms with Crippen LogP contribution in [0.1, 0.15) is 25.5 Å². The number of nitriles is 1. The highest BCUT2D eigenvalue weighted by Gasteiger charge is 2.19. The first-order valence-corrected chi connectivity index (χ1v) is 6.59. The van der Waals surface area contributed by atoms with Gasteiger partial charge < -0.3 is 5.73 Å². The van der Waals surface area contributed by atoms with E-state index in [1.165, 1.54) is 0 Å². The SMILES string of the molecule is CCN(CC(C)C#N)C(CN)c1ccc(Cl)cc1. The lowest BCUT2D eigenvalue weighted by atomic mass is 10.0. The standard InChI is InChI=1S/C14H20ClN3/c1-3-18(10-11(2)8-16)14(9-17)12-4-6-13(15)7-5-12/h4-7,11,14H,3,9-10,17H2,1-2H3. The third kappa shape index (κ3) is 3.99. The van der Waals surface area contributed by atoms with Crippen LogP contribution in [0, 0.1) is 17.2 Å². The fourth-order valence-electron chi connectivity index (χ4n) is 2.05. The number of rotatable bonds is 6. The topological polar surface area (TPSA) is 53.0 Å². The average Bonchev–Trinajstić information content (AvgIpc) is 2.40. The van der Waals surface area contributed by atoms with Crippen LogP contribution in [0.5, 0.6) is 0 Å². The number of hydrogen-bond acceptors (Lipinski definition) is 3. The summed E-state index contributed by atoms with van der Waals surface area (Å²) in [4.78, 5) is 2.23. The van der Waals surface area contributed by atoms with Crippen LogP contribution < -0.4 is 5.73 Å². The second kappa shape index (κ2) is 7.38. The Bertz CT molecular complexity index is 396. The molecule has 2 unspecified atom stereocenters. The van der Waals surface area contributed by atoms with Crippen molar-refractivity contribution in [3.8, 4) is 6.07 Å². The molecular weight excluding hydrogens is 246 g/mol. The van der Waals surface area contributed by atoms with Crippen LogP contribution in [0.15, 0.2) is 24.3 Å². The molecule has 98 valence electrons. The molecule has 1 aromatic carbocycles. The molecule has 3 nitrogen and oxygen atoms in total. The van der Waals surface area contributed by atoms with Gasteiger partial charge in [0.2, 0.25) is 0 Å². The minimum absolute atomic E-state index is 0.00583. The van der Waals surface area contributed by atoms with Gasteiger partial charge in [-0.1, -0.05) is 30.7 Å². The summed E-state index contributed by atoms with van der Waals surface area (Å²) in [5.74, 6) is 0.00583. The zero-order valence-electron chi connectivity index (χ0n) is 10.9. The first-order valence-electron chi connectivity index (χ1n) is 6.21. The number of benzene rings is 1. The van der Waals surface area contributed by atoms with Gasteiger partial charge in [0.25, 0.3) is 0 Å². The molecule has 0 aromatic heterocycles.